The molecule has 1 aromatic rings. The zero-order chi connectivity index (χ0) is 12.8. The highest BCUT2D eigenvalue weighted by atomic mass is 16.1. The van der Waals surface area contributed by atoms with Gasteiger partial charge in [0.05, 0.1) is 11.3 Å². The molecular weight excluding hydrogens is 214 g/mol. The van der Waals surface area contributed by atoms with Gasteiger partial charge in [-0.15, -0.1) is 0 Å². The van der Waals surface area contributed by atoms with Crippen LogP contribution in [-0.2, 0) is 0 Å². The second-order valence-corrected chi connectivity index (χ2v) is 4.38. The third kappa shape index (κ3) is 3.87. The van der Waals surface area contributed by atoms with Crippen LogP contribution in [0.1, 0.15) is 42.0 Å². The van der Waals surface area contributed by atoms with Crippen molar-refractivity contribution in [2.75, 3.05) is 6.54 Å². The average Bonchev–Trinajstić information content (AvgIpc) is 2.28. The molecule has 0 aromatic carbocycles. The Bertz CT molecular complexity index is 446. The van der Waals surface area contributed by atoms with Gasteiger partial charge in [0.2, 0.25) is 0 Å². The van der Waals surface area contributed by atoms with Gasteiger partial charge >= 0.3 is 0 Å². The predicted molar refractivity (Wildman–Crippen MR) is 65.5 cm³/mol. The largest absolute Gasteiger partial charge is 0.351 e. The molecule has 0 saturated heterocycles. The summed E-state index contributed by atoms with van der Waals surface area (Å²) in [5, 5.41) is 11.6. The zero-order valence-corrected chi connectivity index (χ0v) is 10.4. The summed E-state index contributed by atoms with van der Waals surface area (Å²) in [6.07, 6.45) is 0.945. The van der Waals surface area contributed by atoms with Crippen LogP contribution in [0.25, 0.3) is 0 Å². The smallest absolute Gasteiger partial charge is 0.269 e. The maximum Gasteiger partial charge on any atom is 0.269 e. The van der Waals surface area contributed by atoms with Crippen LogP contribution < -0.4 is 5.32 Å². The molecule has 0 saturated carbocycles. The van der Waals surface area contributed by atoms with E-state index in [1.807, 2.05) is 6.07 Å². The molecule has 0 aliphatic rings. The summed E-state index contributed by atoms with van der Waals surface area (Å²) < 4.78 is 0. The van der Waals surface area contributed by atoms with Crippen molar-refractivity contribution < 1.29 is 4.79 Å². The van der Waals surface area contributed by atoms with E-state index in [9.17, 15) is 4.79 Å². The Morgan fingerprint density at radius 3 is 2.76 bits per heavy atom. The van der Waals surface area contributed by atoms with Gasteiger partial charge in [0.1, 0.15) is 11.8 Å². The molecule has 0 bridgehead atoms. The fraction of sp³-hybridized carbons (Fsp3) is 0.462. The summed E-state index contributed by atoms with van der Waals surface area (Å²) in [7, 11) is 0. The molecule has 17 heavy (non-hydrogen) atoms. The lowest BCUT2D eigenvalue weighted by molar-refractivity contribution is 0.0947. The maximum absolute atomic E-state index is 11.7. The van der Waals surface area contributed by atoms with Crippen LogP contribution in [0.5, 0.6) is 0 Å². The minimum Gasteiger partial charge on any atom is -0.351 e. The van der Waals surface area contributed by atoms with Crippen LogP contribution in [0.15, 0.2) is 12.1 Å². The minimum absolute atomic E-state index is 0.182. The van der Waals surface area contributed by atoms with Crippen molar-refractivity contribution in [1.82, 2.24) is 10.3 Å². The molecule has 0 radical (unpaired) electrons. The van der Waals surface area contributed by atoms with Crippen LogP contribution in [0.4, 0.5) is 0 Å². The SMILES string of the molecule is Cc1nc(C(=O)NCCC(C)C)ccc1C#N. The quantitative estimate of drug-likeness (QED) is 0.862. The van der Waals surface area contributed by atoms with Crippen molar-refractivity contribution in [3.63, 3.8) is 0 Å². The molecule has 1 heterocycles. The Balaban J connectivity index is 2.64. The number of nitriles is 1. The van der Waals surface area contributed by atoms with Crippen molar-refractivity contribution >= 4 is 5.91 Å². The van der Waals surface area contributed by atoms with E-state index in [1.165, 1.54) is 0 Å². The summed E-state index contributed by atoms with van der Waals surface area (Å²) in [6.45, 7) is 6.59. The number of aromatic nitrogens is 1. The lowest BCUT2D eigenvalue weighted by atomic mass is 10.1. The number of carbonyl (C=O) groups excluding carboxylic acids is 1. The van der Waals surface area contributed by atoms with Crippen molar-refractivity contribution in [2.24, 2.45) is 5.92 Å². The fourth-order valence-corrected chi connectivity index (χ4v) is 1.37. The molecule has 0 unspecified atom stereocenters. The molecule has 4 nitrogen and oxygen atoms in total. The predicted octanol–water partition coefficient (Wildman–Crippen LogP) is 2.04. The Labute approximate surface area is 102 Å². The van der Waals surface area contributed by atoms with Gasteiger partial charge < -0.3 is 5.32 Å². The molecule has 0 fully saturated rings. The van der Waals surface area contributed by atoms with Crippen LogP contribution in [0.3, 0.4) is 0 Å². The number of rotatable bonds is 4. The van der Waals surface area contributed by atoms with Crippen molar-refractivity contribution in [1.29, 1.82) is 5.26 Å². The van der Waals surface area contributed by atoms with Gasteiger partial charge in [0, 0.05) is 6.54 Å². The van der Waals surface area contributed by atoms with Crippen molar-refractivity contribution in [3.05, 3.63) is 29.1 Å². The maximum atomic E-state index is 11.7. The van der Waals surface area contributed by atoms with Gasteiger partial charge in [-0.2, -0.15) is 5.26 Å². The number of hydrogen-bond donors (Lipinski definition) is 1. The Kier molecular flexibility index (Phi) is 4.65. The van der Waals surface area contributed by atoms with Crippen LogP contribution in [0.2, 0.25) is 0 Å². The second kappa shape index (κ2) is 6.00. The number of nitrogens with one attached hydrogen (secondary N) is 1. The molecule has 1 N–H and O–H groups in total. The van der Waals surface area contributed by atoms with Crippen LogP contribution >= 0.6 is 0 Å². The minimum atomic E-state index is -0.182. The summed E-state index contributed by atoms with van der Waals surface area (Å²) in [4.78, 5) is 15.8. The third-order valence-corrected chi connectivity index (χ3v) is 2.45. The van der Waals surface area contributed by atoms with E-state index in [1.54, 1.807) is 19.1 Å². The summed E-state index contributed by atoms with van der Waals surface area (Å²) in [6, 6.07) is 5.23. The fourth-order valence-electron chi connectivity index (χ4n) is 1.37. The molecule has 4 heteroatoms. The Morgan fingerprint density at radius 1 is 1.53 bits per heavy atom. The highest BCUT2D eigenvalue weighted by Crippen LogP contribution is 2.05. The third-order valence-electron chi connectivity index (χ3n) is 2.45. The normalized spacial score (nSPS) is 10.1. The Morgan fingerprint density at radius 2 is 2.24 bits per heavy atom. The summed E-state index contributed by atoms with van der Waals surface area (Å²) in [5.41, 5.74) is 1.46. The van der Waals surface area contributed by atoms with E-state index < -0.39 is 0 Å². The summed E-state index contributed by atoms with van der Waals surface area (Å²) in [5.74, 6) is 0.379. The van der Waals surface area contributed by atoms with E-state index in [-0.39, 0.29) is 5.91 Å². The highest BCUT2D eigenvalue weighted by molar-refractivity contribution is 5.92. The lowest BCUT2D eigenvalue weighted by Crippen LogP contribution is -2.26. The topological polar surface area (TPSA) is 65.8 Å². The monoisotopic (exact) mass is 231 g/mol. The van der Waals surface area contributed by atoms with Gasteiger partial charge in [-0.1, -0.05) is 13.8 Å². The van der Waals surface area contributed by atoms with E-state index in [2.05, 4.69) is 24.1 Å². The van der Waals surface area contributed by atoms with Crippen LogP contribution in [-0.4, -0.2) is 17.4 Å². The second-order valence-electron chi connectivity index (χ2n) is 4.38. The summed E-state index contributed by atoms with van der Waals surface area (Å²) >= 11 is 0. The van der Waals surface area contributed by atoms with Gasteiger partial charge in [0.15, 0.2) is 0 Å². The van der Waals surface area contributed by atoms with Gasteiger partial charge in [-0.25, -0.2) is 4.98 Å². The number of amides is 1. The van der Waals surface area contributed by atoms with Crippen molar-refractivity contribution in [2.45, 2.75) is 27.2 Å². The number of hydrogen-bond acceptors (Lipinski definition) is 3. The van der Waals surface area contributed by atoms with E-state index in [4.69, 9.17) is 5.26 Å². The first-order valence-electron chi connectivity index (χ1n) is 5.70. The molecule has 0 atom stereocenters. The number of pyridine rings is 1. The molecule has 0 aliphatic heterocycles. The number of aryl methyl sites for hydroxylation is 1. The number of carbonyl (C=O) groups is 1. The first-order valence-corrected chi connectivity index (χ1v) is 5.70. The molecular formula is C13H17N3O. The van der Waals surface area contributed by atoms with E-state index >= 15 is 0 Å². The molecule has 1 amide bonds. The molecule has 90 valence electrons. The number of nitrogens with zero attached hydrogens (tertiary/aromatic N) is 2. The zero-order valence-electron chi connectivity index (χ0n) is 10.4. The molecule has 0 spiro atoms. The van der Waals surface area contributed by atoms with Crippen molar-refractivity contribution in [3.8, 4) is 6.07 Å². The van der Waals surface area contributed by atoms with Gasteiger partial charge in [0.25, 0.3) is 5.91 Å². The molecule has 0 aliphatic carbocycles. The van der Waals surface area contributed by atoms with E-state index in [0.717, 1.165) is 6.42 Å². The first-order chi connectivity index (χ1) is 8.04. The van der Waals surface area contributed by atoms with E-state index in [0.29, 0.717) is 29.4 Å². The molecule has 1 rings (SSSR count). The van der Waals surface area contributed by atoms with Gasteiger partial charge in [-0.3, -0.25) is 4.79 Å². The average molecular weight is 231 g/mol. The Hall–Kier alpha value is -1.89. The standard InChI is InChI=1S/C13H17N3O/c1-9(2)6-7-15-13(17)12-5-4-11(8-14)10(3)16-12/h4-5,9H,6-7H2,1-3H3,(H,15,17). The molecule has 1 aromatic heterocycles. The first kappa shape index (κ1) is 13.2. The van der Waals surface area contributed by atoms with Gasteiger partial charge in [-0.05, 0) is 31.4 Å². The van der Waals surface area contributed by atoms with Crippen LogP contribution in [0, 0.1) is 24.2 Å². The highest BCUT2D eigenvalue weighted by Gasteiger charge is 2.08. The lowest BCUT2D eigenvalue weighted by Gasteiger charge is -2.07.